The Morgan fingerprint density at radius 2 is 2.16 bits per heavy atom. The fourth-order valence-corrected chi connectivity index (χ4v) is 3.05. The van der Waals surface area contributed by atoms with Crippen LogP contribution >= 0.6 is 11.3 Å². The second kappa shape index (κ2) is 7.01. The highest BCUT2D eigenvalue weighted by atomic mass is 32.1. The molecular formula is C16H24N2S. The standard InChI is InChI=1S/C16H24N2S/c1-4-8-17-14(6-5-12(2)3)13-10-16-15(18-11-13)7-9-19-16/h7,9-12,14,17H,4-6,8H2,1-3H3. The van der Waals surface area contributed by atoms with Crippen molar-refractivity contribution in [2.45, 2.75) is 46.1 Å². The number of hydrogen-bond donors (Lipinski definition) is 1. The van der Waals surface area contributed by atoms with Crippen molar-refractivity contribution < 1.29 is 0 Å². The third kappa shape index (κ3) is 4.02. The number of thiophene rings is 1. The number of nitrogens with one attached hydrogen (secondary N) is 1. The molecule has 2 nitrogen and oxygen atoms in total. The van der Waals surface area contributed by atoms with Crippen LogP contribution in [0.1, 0.15) is 51.6 Å². The smallest absolute Gasteiger partial charge is 0.0809 e. The number of pyridine rings is 1. The molecule has 19 heavy (non-hydrogen) atoms. The van der Waals surface area contributed by atoms with Crippen molar-refractivity contribution in [2.75, 3.05) is 6.54 Å². The minimum absolute atomic E-state index is 0.446. The van der Waals surface area contributed by atoms with Crippen LogP contribution in [0, 0.1) is 5.92 Å². The zero-order valence-electron chi connectivity index (χ0n) is 12.1. The van der Waals surface area contributed by atoms with E-state index in [0.717, 1.165) is 18.0 Å². The first-order chi connectivity index (χ1) is 9.20. The summed E-state index contributed by atoms with van der Waals surface area (Å²) in [6, 6.07) is 4.84. The van der Waals surface area contributed by atoms with Gasteiger partial charge < -0.3 is 5.32 Å². The maximum Gasteiger partial charge on any atom is 0.0809 e. The predicted octanol–water partition coefficient (Wildman–Crippen LogP) is 4.77. The molecule has 1 N–H and O–H groups in total. The lowest BCUT2D eigenvalue weighted by Crippen LogP contribution is -2.22. The molecule has 0 aromatic carbocycles. The summed E-state index contributed by atoms with van der Waals surface area (Å²) in [5.41, 5.74) is 2.45. The van der Waals surface area contributed by atoms with E-state index in [0.29, 0.717) is 6.04 Å². The van der Waals surface area contributed by atoms with Crippen LogP contribution in [0.5, 0.6) is 0 Å². The topological polar surface area (TPSA) is 24.9 Å². The molecule has 0 saturated heterocycles. The summed E-state index contributed by atoms with van der Waals surface area (Å²) >= 11 is 1.78. The van der Waals surface area contributed by atoms with E-state index in [1.54, 1.807) is 11.3 Å². The van der Waals surface area contributed by atoms with Gasteiger partial charge in [0.2, 0.25) is 0 Å². The van der Waals surface area contributed by atoms with Gasteiger partial charge in [-0.3, -0.25) is 4.98 Å². The van der Waals surface area contributed by atoms with Crippen molar-refractivity contribution in [2.24, 2.45) is 5.92 Å². The average Bonchev–Trinajstić information content (AvgIpc) is 2.85. The van der Waals surface area contributed by atoms with E-state index in [1.165, 1.54) is 29.5 Å². The molecule has 0 spiro atoms. The van der Waals surface area contributed by atoms with Gasteiger partial charge in [-0.2, -0.15) is 0 Å². The van der Waals surface area contributed by atoms with Crippen LogP contribution in [0.15, 0.2) is 23.7 Å². The Labute approximate surface area is 120 Å². The molecular weight excluding hydrogens is 252 g/mol. The van der Waals surface area contributed by atoms with Crippen molar-refractivity contribution in [1.82, 2.24) is 10.3 Å². The van der Waals surface area contributed by atoms with E-state index >= 15 is 0 Å². The van der Waals surface area contributed by atoms with Gasteiger partial charge in [-0.1, -0.05) is 20.8 Å². The molecule has 0 bridgehead atoms. The fourth-order valence-electron chi connectivity index (χ4n) is 2.26. The number of aromatic nitrogens is 1. The van der Waals surface area contributed by atoms with Crippen molar-refractivity contribution >= 4 is 21.6 Å². The molecule has 2 aromatic rings. The van der Waals surface area contributed by atoms with E-state index < -0.39 is 0 Å². The molecule has 3 heteroatoms. The SMILES string of the molecule is CCCNC(CCC(C)C)c1cnc2ccsc2c1. The lowest BCUT2D eigenvalue weighted by molar-refractivity contribution is 0.440. The van der Waals surface area contributed by atoms with Crippen LogP contribution in [0.2, 0.25) is 0 Å². The Balaban J connectivity index is 2.14. The summed E-state index contributed by atoms with van der Waals surface area (Å²) in [6.07, 6.45) is 5.66. The lowest BCUT2D eigenvalue weighted by atomic mass is 9.98. The van der Waals surface area contributed by atoms with Crippen LogP contribution in [0.3, 0.4) is 0 Å². The van der Waals surface area contributed by atoms with Gasteiger partial charge in [-0.25, -0.2) is 0 Å². The first-order valence-electron chi connectivity index (χ1n) is 7.27. The first-order valence-corrected chi connectivity index (χ1v) is 8.15. The van der Waals surface area contributed by atoms with Gasteiger partial charge in [0, 0.05) is 12.2 Å². The van der Waals surface area contributed by atoms with E-state index in [9.17, 15) is 0 Å². The molecule has 0 aliphatic carbocycles. The molecule has 0 saturated carbocycles. The summed E-state index contributed by atoms with van der Waals surface area (Å²) < 4.78 is 1.30. The zero-order valence-corrected chi connectivity index (χ0v) is 13.0. The summed E-state index contributed by atoms with van der Waals surface area (Å²) in [5.74, 6) is 0.754. The predicted molar refractivity (Wildman–Crippen MR) is 84.7 cm³/mol. The lowest BCUT2D eigenvalue weighted by Gasteiger charge is -2.19. The summed E-state index contributed by atoms with van der Waals surface area (Å²) in [7, 11) is 0. The summed E-state index contributed by atoms with van der Waals surface area (Å²) in [5, 5.41) is 5.78. The molecule has 2 rings (SSSR count). The fraction of sp³-hybridized carbons (Fsp3) is 0.562. The Morgan fingerprint density at radius 1 is 1.32 bits per heavy atom. The molecule has 0 aliphatic heterocycles. The van der Waals surface area contributed by atoms with Gasteiger partial charge in [0.05, 0.1) is 10.2 Å². The summed E-state index contributed by atoms with van der Waals surface area (Å²) in [6.45, 7) is 7.87. The Kier molecular flexibility index (Phi) is 5.34. The Bertz CT molecular complexity index is 504. The zero-order chi connectivity index (χ0) is 13.7. The van der Waals surface area contributed by atoms with Crippen LogP contribution in [-0.4, -0.2) is 11.5 Å². The maximum absolute atomic E-state index is 4.57. The van der Waals surface area contributed by atoms with Gasteiger partial charge >= 0.3 is 0 Å². The molecule has 0 radical (unpaired) electrons. The Hall–Kier alpha value is -0.930. The first kappa shape index (κ1) is 14.5. The molecule has 104 valence electrons. The minimum atomic E-state index is 0.446. The van der Waals surface area contributed by atoms with Gasteiger partial charge in [-0.05, 0) is 54.8 Å². The van der Waals surface area contributed by atoms with E-state index in [4.69, 9.17) is 0 Å². The van der Waals surface area contributed by atoms with Crippen molar-refractivity contribution in [1.29, 1.82) is 0 Å². The minimum Gasteiger partial charge on any atom is -0.310 e. The third-order valence-corrected chi connectivity index (χ3v) is 4.25. The van der Waals surface area contributed by atoms with Crippen LogP contribution in [-0.2, 0) is 0 Å². The second-order valence-electron chi connectivity index (χ2n) is 5.55. The van der Waals surface area contributed by atoms with Crippen molar-refractivity contribution in [3.8, 4) is 0 Å². The Morgan fingerprint density at radius 3 is 2.89 bits per heavy atom. The number of rotatable bonds is 7. The highest BCUT2D eigenvalue weighted by Crippen LogP contribution is 2.26. The quantitative estimate of drug-likeness (QED) is 0.787. The maximum atomic E-state index is 4.57. The van der Waals surface area contributed by atoms with Gasteiger partial charge in [-0.15, -0.1) is 11.3 Å². The molecule has 0 fully saturated rings. The van der Waals surface area contributed by atoms with E-state index in [1.807, 2.05) is 6.20 Å². The number of nitrogens with zero attached hydrogens (tertiary/aromatic N) is 1. The molecule has 2 aromatic heterocycles. The normalized spacial score (nSPS) is 13.3. The van der Waals surface area contributed by atoms with Crippen molar-refractivity contribution in [3.63, 3.8) is 0 Å². The van der Waals surface area contributed by atoms with Crippen molar-refractivity contribution in [3.05, 3.63) is 29.3 Å². The largest absolute Gasteiger partial charge is 0.310 e. The van der Waals surface area contributed by atoms with Crippen LogP contribution in [0.25, 0.3) is 10.2 Å². The van der Waals surface area contributed by atoms with Gasteiger partial charge in [0.1, 0.15) is 0 Å². The van der Waals surface area contributed by atoms with Gasteiger partial charge in [0.15, 0.2) is 0 Å². The number of hydrogen-bond acceptors (Lipinski definition) is 3. The van der Waals surface area contributed by atoms with Crippen LogP contribution < -0.4 is 5.32 Å². The highest BCUT2D eigenvalue weighted by molar-refractivity contribution is 7.17. The average molecular weight is 276 g/mol. The van der Waals surface area contributed by atoms with Crippen LogP contribution in [0.4, 0.5) is 0 Å². The van der Waals surface area contributed by atoms with E-state index in [2.05, 4.69) is 48.6 Å². The monoisotopic (exact) mass is 276 g/mol. The number of fused-ring (bicyclic) bond motifs is 1. The summed E-state index contributed by atoms with van der Waals surface area (Å²) in [4.78, 5) is 4.57. The second-order valence-corrected chi connectivity index (χ2v) is 6.50. The highest BCUT2D eigenvalue weighted by Gasteiger charge is 2.12. The molecule has 1 atom stereocenters. The molecule has 2 heterocycles. The molecule has 1 unspecified atom stereocenters. The van der Waals surface area contributed by atoms with Gasteiger partial charge in [0.25, 0.3) is 0 Å². The molecule has 0 aliphatic rings. The van der Waals surface area contributed by atoms with E-state index in [-0.39, 0.29) is 0 Å². The third-order valence-electron chi connectivity index (χ3n) is 3.40. The molecule has 0 amide bonds.